The molecule has 1 fully saturated rings. The zero-order valence-corrected chi connectivity index (χ0v) is 14.0. The molecular weight excluding hydrogens is 294 g/mol. The van der Waals surface area contributed by atoms with Crippen LogP contribution in [0, 0.1) is 13.8 Å². The van der Waals surface area contributed by atoms with Gasteiger partial charge in [-0.3, -0.25) is 0 Å². The van der Waals surface area contributed by atoms with E-state index < -0.39 is 0 Å². The number of para-hydroxylation sites is 1. The number of likely N-dealkylation sites (tertiary alicyclic amines) is 1. The van der Waals surface area contributed by atoms with E-state index in [0.717, 1.165) is 29.7 Å². The van der Waals surface area contributed by atoms with E-state index >= 15 is 0 Å². The summed E-state index contributed by atoms with van der Waals surface area (Å²) in [7, 11) is 0. The number of benzene rings is 1. The third-order valence-corrected chi connectivity index (χ3v) is 4.08. The van der Waals surface area contributed by atoms with Crippen molar-refractivity contribution in [1.82, 2.24) is 10.2 Å². The van der Waals surface area contributed by atoms with E-state index in [1.807, 2.05) is 32.0 Å². The summed E-state index contributed by atoms with van der Waals surface area (Å²) in [6.45, 7) is 7.33. The Balaban J connectivity index is 1.82. The molecule has 0 unspecified atom stereocenters. The van der Waals surface area contributed by atoms with E-state index in [-0.39, 0.29) is 18.2 Å². The van der Waals surface area contributed by atoms with Gasteiger partial charge in [-0.2, -0.15) is 0 Å². The maximum Gasteiger partial charge on any atom is 0.409 e. The van der Waals surface area contributed by atoms with Crippen LogP contribution in [0.3, 0.4) is 0 Å². The van der Waals surface area contributed by atoms with E-state index in [0.29, 0.717) is 19.7 Å². The normalized spacial score (nSPS) is 15.2. The van der Waals surface area contributed by atoms with Crippen LogP contribution in [-0.4, -0.2) is 42.8 Å². The zero-order valence-electron chi connectivity index (χ0n) is 14.0. The second-order valence-corrected chi connectivity index (χ2v) is 5.83. The maximum atomic E-state index is 12.2. The summed E-state index contributed by atoms with van der Waals surface area (Å²) in [5.41, 5.74) is 2.93. The highest BCUT2D eigenvalue weighted by molar-refractivity contribution is 5.91. The van der Waals surface area contributed by atoms with Gasteiger partial charge < -0.3 is 20.3 Å². The number of amides is 3. The zero-order chi connectivity index (χ0) is 16.8. The number of anilines is 1. The Morgan fingerprint density at radius 3 is 2.39 bits per heavy atom. The summed E-state index contributed by atoms with van der Waals surface area (Å²) in [6.07, 6.45) is 1.20. The Bertz CT molecular complexity index is 546. The van der Waals surface area contributed by atoms with Gasteiger partial charge in [0.2, 0.25) is 0 Å². The molecule has 1 aliphatic heterocycles. The highest BCUT2D eigenvalue weighted by atomic mass is 16.6. The Morgan fingerprint density at radius 2 is 1.83 bits per heavy atom. The molecule has 6 heteroatoms. The third-order valence-electron chi connectivity index (χ3n) is 4.08. The minimum atomic E-state index is -0.272. The molecule has 0 aliphatic carbocycles. The van der Waals surface area contributed by atoms with Crippen LogP contribution < -0.4 is 10.6 Å². The smallest absolute Gasteiger partial charge is 0.409 e. The molecule has 0 atom stereocenters. The molecule has 0 saturated carbocycles. The highest BCUT2D eigenvalue weighted by Crippen LogP contribution is 2.19. The first kappa shape index (κ1) is 17.1. The number of hydrogen-bond donors (Lipinski definition) is 2. The lowest BCUT2D eigenvalue weighted by molar-refractivity contribution is 0.0959. The van der Waals surface area contributed by atoms with Gasteiger partial charge in [0.1, 0.15) is 0 Å². The maximum absolute atomic E-state index is 12.2. The molecule has 2 N–H and O–H groups in total. The fraction of sp³-hybridized carbons (Fsp3) is 0.529. The topological polar surface area (TPSA) is 70.7 Å². The van der Waals surface area contributed by atoms with Crippen LogP contribution >= 0.6 is 0 Å². The largest absolute Gasteiger partial charge is 0.450 e. The molecule has 126 valence electrons. The average Bonchev–Trinajstić information content (AvgIpc) is 2.52. The van der Waals surface area contributed by atoms with Crippen molar-refractivity contribution in [3.63, 3.8) is 0 Å². The first-order valence-electron chi connectivity index (χ1n) is 8.06. The van der Waals surface area contributed by atoms with Crippen molar-refractivity contribution < 1.29 is 14.3 Å². The van der Waals surface area contributed by atoms with E-state index in [2.05, 4.69) is 10.6 Å². The summed E-state index contributed by atoms with van der Waals surface area (Å²) in [5.74, 6) is 0. The third kappa shape index (κ3) is 4.61. The number of ether oxygens (including phenoxy) is 1. The van der Waals surface area contributed by atoms with Crippen molar-refractivity contribution in [2.75, 3.05) is 25.0 Å². The van der Waals surface area contributed by atoms with Crippen molar-refractivity contribution in [2.45, 2.75) is 39.7 Å². The Kier molecular flexibility index (Phi) is 5.84. The molecule has 6 nitrogen and oxygen atoms in total. The van der Waals surface area contributed by atoms with Gasteiger partial charge in [0.05, 0.1) is 6.61 Å². The van der Waals surface area contributed by atoms with Crippen LogP contribution in [0.1, 0.15) is 30.9 Å². The Hall–Kier alpha value is -2.24. The molecule has 2 rings (SSSR count). The molecule has 3 amide bonds. The molecule has 0 radical (unpaired) electrons. The Morgan fingerprint density at radius 1 is 1.22 bits per heavy atom. The van der Waals surface area contributed by atoms with Crippen molar-refractivity contribution in [3.05, 3.63) is 29.3 Å². The lowest BCUT2D eigenvalue weighted by Gasteiger charge is -2.31. The van der Waals surface area contributed by atoms with Crippen LogP contribution in [0.25, 0.3) is 0 Å². The average molecular weight is 319 g/mol. The number of hydrogen-bond acceptors (Lipinski definition) is 3. The number of nitrogens with one attached hydrogen (secondary N) is 2. The molecule has 1 saturated heterocycles. The summed E-state index contributed by atoms with van der Waals surface area (Å²) in [6, 6.07) is 5.79. The van der Waals surface area contributed by atoms with E-state index in [1.54, 1.807) is 11.8 Å². The quantitative estimate of drug-likeness (QED) is 0.899. The van der Waals surface area contributed by atoms with Gasteiger partial charge in [0, 0.05) is 24.8 Å². The number of carbonyl (C=O) groups is 2. The van der Waals surface area contributed by atoms with E-state index in [4.69, 9.17) is 4.74 Å². The number of aryl methyl sites for hydroxylation is 2. The number of rotatable bonds is 3. The monoisotopic (exact) mass is 319 g/mol. The van der Waals surface area contributed by atoms with E-state index in [9.17, 15) is 9.59 Å². The summed E-state index contributed by atoms with van der Waals surface area (Å²) in [5, 5.41) is 5.91. The molecular formula is C17H25N3O3. The molecule has 1 heterocycles. The van der Waals surface area contributed by atoms with Crippen LogP contribution in [0.4, 0.5) is 15.3 Å². The van der Waals surface area contributed by atoms with Gasteiger partial charge in [-0.15, -0.1) is 0 Å². The second-order valence-electron chi connectivity index (χ2n) is 5.83. The predicted molar refractivity (Wildman–Crippen MR) is 89.7 cm³/mol. The van der Waals surface area contributed by atoms with Gasteiger partial charge in [0.15, 0.2) is 0 Å². The van der Waals surface area contributed by atoms with Crippen LogP contribution in [-0.2, 0) is 4.74 Å². The molecule has 0 bridgehead atoms. The molecule has 1 aromatic rings. The minimum absolute atomic E-state index is 0.0741. The highest BCUT2D eigenvalue weighted by Gasteiger charge is 2.24. The van der Waals surface area contributed by atoms with Crippen LogP contribution in [0.15, 0.2) is 18.2 Å². The number of urea groups is 1. The predicted octanol–water partition coefficient (Wildman–Crippen LogP) is 3.05. The molecule has 23 heavy (non-hydrogen) atoms. The van der Waals surface area contributed by atoms with Crippen molar-refractivity contribution >= 4 is 17.8 Å². The van der Waals surface area contributed by atoms with Crippen LogP contribution in [0.5, 0.6) is 0 Å². The molecule has 0 aromatic heterocycles. The number of nitrogens with zero attached hydrogens (tertiary/aromatic N) is 1. The minimum Gasteiger partial charge on any atom is -0.450 e. The number of piperidine rings is 1. The standard InChI is InChI=1S/C17H25N3O3/c1-4-23-17(22)20-10-8-14(9-11-20)18-16(21)19-15-12(2)6-5-7-13(15)3/h5-7,14H,4,8-11H2,1-3H3,(H2,18,19,21). The van der Waals surface area contributed by atoms with Crippen molar-refractivity contribution in [3.8, 4) is 0 Å². The molecule has 1 aliphatic rings. The summed E-state index contributed by atoms with van der Waals surface area (Å²) >= 11 is 0. The fourth-order valence-electron chi connectivity index (χ4n) is 2.77. The summed E-state index contributed by atoms with van der Waals surface area (Å²) in [4.78, 5) is 25.5. The Labute approximate surface area is 137 Å². The lowest BCUT2D eigenvalue weighted by Crippen LogP contribution is -2.47. The first-order chi connectivity index (χ1) is 11.0. The molecule has 0 spiro atoms. The number of carbonyl (C=O) groups excluding carboxylic acids is 2. The lowest BCUT2D eigenvalue weighted by atomic mass is 10.1. The van der Waals surface area contributed by atoms with Crippen molar-refractivity contribution in [1.29, 1.82) is 0 Å². The SMILES string of the molecule is CCOC(=O)N1CCC(NC(=O)Nc2c(C)cccc2C)CC1. The van der Waals surface area contributed by atoms with Gasteiger partial charge in [-0.05, 0) is 44.7 Å². The van der Waals surface area contributed by atoms with Gasteiger partial charge in [0.25, 0.3) is 0 Å². The van der Waals surface area contributed by atoms with Crippen molar-refractivity contribution in [2.24, 2.45) is 0 Å². The van der Waals surface area contributed by atoms with Gasteiger partial charge in [-0.25, -0.2) is 9.59 Å². The van der Waals surface area contributed by atoms with Gasteiger partial charge in [-0.1, -0.05) is 18.2 Å². The second kappa shape index (κ2) is 7.85. The molecule has 1 aromatic carbocycles. The van der Waals surface area contributed by atoms with Crippen LogP contribution in [0.2, 0.25) is 0 Å². The van der Waals surface area contributed by atoms with Gasteiger partial charge >= 0.3 is 12.1 Å². The first-order valence-corrected chi connectivity index (χ1v) is 8.06. The summed E-state index contributed by atoms with van der Waals surface area (Å²) < 4.78 is 4.99. The van der Waals surface area contributed by atoms with E-state index in [1.165, 1.54) is 0 Å². The fourth-order valence-corrected chi connectivity index (χ4v) is 2.77.